The number of aryl methyl sites for hydroxylation is 2. The van der Waals surface area contributed by atoms with E-state index >= 15 is 0 Å². The van der Waals surface area contributed by atoms with Gasteiger partial charge in [0.1, 0.15) is 17.2 Å². The number of halogens is 1. The van der Waals surface area contributed by atoms with Crippen molar-refractivity contribution >= 4 is 11.6 Å². The first-order valence-electron chi connectivity index (χ1n) is 9.46. The fraction of sp³-hybridized carbons (Fsp3) is 0.273. The normalized spacial score (nSPS) is 14.4. The fourth-order valence-electron chi connectivity index (χ4n) is 3.69. The lowest BCUT2D eigenvalue weighted by Gasteiger charge is -2.36. The number of rotatable bonds is 3. The summed E-state index contributed by atoms with van der Waals surface area (Å²) in [5.74, 6) is -0.516. The monoisotopic (exact) mass is 378 g/mol. The predicted octanol–water partition coefficient (Wildman–Crippen LogP) is 3.59. The number of benzene rings is 2. The number of amides is 1. The SMILES string of the molecule is Cc1cc(C(=O)N2CCN(c3ccccc3C)CC2)n(-c2ccccc2F)n1. The summed E-state index contributed by atoms with van der Waals surface area (Å²) in [5, 5.41) is 4.35. The van der Waals surface area contributed by atoms with Crippen molar-refractivity contribution in [2.75, 3.05) is 31.1 Å². The summed E-state index contributed by atoms with van der Waals surface area (Å²) in [7, 11) is 0. The van der Waals surface area contributed by atoms with E-state index in [0.717, 1.165) is 13.1 Å². The van der Waals surface area contributed by atoms with Gasteiger partial charge in [-0.05, 0) is 43.7 Å². The van der Waals surface area contributed by atoms with Crippen LogP contribution in [0.1, 0.15) is 21.7 Å². The van der Waals surface area contributed by atoms with Gasteiger partial charge in [0.05, 0.1) is 5.69 Å². The molecule has 0 N–H and O–H groups in total. The number of aromatic nitrogens is 2. The van der Waals surface area contributed by atoms with Crippen LogP contribution in [0, 0.1) is 19.7 Å². The number of carbonyl (C=O) groups is 1. The molecule has 2 heterocycles. The van der Waals surface area contributed by atoms with Crippen molar-refractivity contribution in [1.82, 2.24) is 14.7 Å². The summed E-state index contributed by atoms with van der Waals surface area (Å²) >= 11 is 0. The summed E-state index contributed by atoms with van der Waals surface area (Å²) in [6, 6.07) is 16.4. The maximum Gasteiger partial charge on any atom is 0.272 e. The van der Waals surface area contributed by atoms with E-state index in [0.29, 0.717) is 24.5 Å². The number of para-hydroxylation sites is 2. The van der Waals surface area contributed by atoms with Gasteiger partial charge in [0.2, 0.25) is 0 Å². The van der Waals surface area contributed by atoms with Crippen molar-refractivity contribution in [3.63, 3.8) is 0 Å². The van der Waals surface area contributed by atoms with E-state index < -0.39 is 5.82 Å². The van der Waals surface area contributed by atoms with E-state index in [1.54, 1.807) is 24.3 Å². The first-order chi connectivity index (χ1) is 13.5. The number of anilines is 1. The molecular formula is C22H23FN4O. The third-order valence-corrected chi connectivity index (χ3v) is 5.15. The molecule has 4 rings (SSSR count). The van der Waals surface area contributed by atoms with E-state index in [1.165, 1.54) is 22.0 Å². The van der Waals surface area contributed by atoms with Gasteiger partial charge in [-0.1, -0.05) is 30.3 Å². The molecule has 1 fully saturated rings. The minimum Gasteiger partial charge on any atom is -0.368 e. The van der Waals surface area contributed by atoms with Crippen LogP contribution in [0.5, 0.6) is 0 Å². The molecule has 1 aromatic heterocycles. The Balaban J connectivity index is 1.54. The minimum absolute atomic E-state index is 0.117. The van der Waals surface area contributed by atoms with Crippen LogP contribution in [-0.2, 0) is 0 Å². The maximum atomic E-state index is 14.3. The zero-order chi connectivity index (χ0) is 19.7. The molecule has 28 heavy (non-hydrogen) atoms. The average Bonchev–Trinajstić information content (AvgIpc) is 3.10. The summed E-state index contributed by atoms with van der Waals surface area (Å²) in [4.78, 5) is 17.3. The third kappa shape index (κ3) is 3.38. The smallest absolute Gasteiger partial charge is 0.272 e. The number of piperazine rings is 1. The molecule has 1 aliphatic heterocycles. The van der Waals surface area contributed by atoms with E-state index in [1.807, 2.05) is 24.0 Å². The highest BCUT2D eigenvalue weighted by atomic mass is 19.1. The zero-order valence-corrected chi connectivity index (χ0v) is 16.1. The Bertz CT molecular complexity index is 1010. The van der Waals surface area contributed by atoms with Crippen molar-refractivity contribution < 1.29 is 9.18 Å². The van der Waals surface area contributed by atoms with Gasteiger partial charge >= 0.3 is 0 Å². The molecule has 0 atom stereocenters. The van der Waals surface area contributed by atoms with Crippen molar-refractivity contribution in [1.29, 1.82) is 0 Å². The highest BCUT2D eigenvalue weighted by molar-refractivity contribution is 5.93. The Morgan fingerprint density at radius 3 is 2.25 bits per heavy atom. The molecule has 3 aromatic rings. The fourth-order valence-corrected chi connectivity index (χ4v) is 3.69. The topological polar surface area (TPSA) is 41.4 Å². The van der Waals surface area contributed by atoms with Gasteiger partial charge < -0.3 is 9.80 Å². The molecule has 0 radical (unpaired) electrons. The first kappa shape index (κ1) is 18.2. The number of nitrogens with zero attached hydrogens (tertiary/aromatic N) is 4. The zero-order valence-electron chi connectivity index (χ0n) is 16.1. The highest BCUT2D eigenvalue weighted by Crippen LogP contribution is 2.22. The second kappa shape index (κ2) is 7.46. The van der Waals surface area contributed by atoms with Gasteiger partial charge in [0.25, 0.3) is 5.91 Å². The van der Waals surface area contributed by atoms with Gasteiger partial charge in [-0.15, -0.1) is 0 Å². The summed E-state index contributed by atoms with van der Waals surface area (Å²) in [6.45, 7) is 6.68. The maximum absolute atomic E-state index is 14.3. The lowest BCUT2D eigenvalue weighted by atomic mass is 10.1. The van der Waals surface area contributed by atoms with Gasteiger partial charge in [-0.25, -0.2) is 9.07 Å². The molecule has 1 saturated heterocycles. The highest BCUT2D eigenvalue weighted by Gasteiger charge is 2.26. The van der Waals surface area contributed by atoms with Gasteiger partial charge in [0.15, 0.2) is 0 Å². The van der Waals surface area contributed by atoms with Crippen LogP contribution in [-0.4, -0.2) is 46.8 Å². The van der Waals surface area contributed by atoms with Crippen LogP contribution >= 0.6 is 0 Å². The standard InChI is InChI=1S/C22H23FN4O/c1-16-7-3-5-9-19(16)25-11-13-26(14-12-25)22(28)21-15-17(2)24-27(21)20-10-6-4-8-18(20)23/h3-10,15H,11-14H2,1-2H3. The quantitative estimate of drug-likeness (QED) is 0.699. The number of hydrogen-bond acceptors (Lipinski definition) is 3. The second-order valence-corrected chi connectivity index (χ2v) is 7.10. The number of carbonyl (C=O) groups excluding carboxylic acids is 1. The van der Waals surface area contributed by atoms with E-state index in [-0.39, 0.29) is 11.6 Å². The van der Waals surface area contributed by atoms with Gasteiger partial charge in [-0.2, -0.15) is 5.10 Å². The molecule has 0 unspecified atom stereocenters. The molecule has 0 aliphatic carbocycles. The van der Waals surface area contributed by atoms with Crippen molar-refractivity contribution in [2.24, 2.45) is 0 Å². The molecule has 2 aromatic carbocycles. The Labute approximate surface area is 164 Å². The van der Waals surface area contributed by atoms with E-state index in [9.17, 15) is 9.18 Å². The Kier molecular flexibility index (Phi) is 4.86. The second-order valence-electron chi connectivity index (χ2n) is 7.10. The third-order valence-electron chi connectivity index (χ3n) is 5.15. The molecule has 1 amide bonds. The average molecular weight is 378 g/mol. The molecule has 0 saturated carbocycles. The Morgan fingerprint density at radius 1 is 0.929 bits per heavy atom. The largest absolute Gasteiger partial charge is 0.368 e. The molecule has 1 aliphatic rings. The lowest BCUT2D eigenvalue weighted by molar-refractivity contribution is 0.0737. The summed E-state index contributed by atoms with van der Waals surface area (Å²) in [6.07, 6.45) is 0. The van der Waals surface area contributed by atoms with E-state index in [4.69, 9.17) is 0 Å². The van der Waals surface area contributed by atoms with Gasteiger partial charge in [-0.3, -0.25) is 4.79 Å². The molecule has 0 spiro atoms. The van der Waals surface area contributed by atoms with Crippen LogP contribution in [0.4, 0.5) is 10.1 Å². The van der Waals surface area contributed by atoms with Crippen LogP contribution in [0.2, 0.25) is 0 Å². The van der Waals surface area contributed by atoms with E-state index in [2.05, 4.69) is 29.1 Å². The molecule has 144 valence electrons. The molecular weight excluding hydrogens is 355 g/mol. The van der Waals surface area contributed by atoms with Crippen molar-refractivity contribution in [3.8, 4) is 5.69 Å². The van der Waals surface area contributed by atoms with Crippen LogP contribution < -0.4 is 4.90 Å². The van der Waals surface area contributed by atoms with Gasteiger partial charge in [0, 0.05) is 31.9 Å². The summed E-state index contributed by atoms with van der Waals surface area (Å²) in [5.41, 5.74) is 3.81. The van der Waals surface area contributed by atoms with Crippen LogP contribution in [0.25, 0.3) is 5.69 Å². The Morgan fingerprint density at radius 2 is 1.57 bits per heavy atom. The summed E-state index contributed by atoms with van der Waals surface area (Å²) < 4.78 is 15.7. The van der Waals surface area contributed by atoms with Crippen LogP contribution in [0.3, 0.4) is 0 Å². The number of hydrogen-bond donors (Lipinski definition) is 0. The van der Waals surface area contributed by atoms with Crippen LogP contribution in [0.15, 0.2) is 54.6 Å². The van der Waals surface area contributed by atoms with Crippen molar-refractivity contribution in [3.05, 3.63) is 77.4 Å². The minimum atomic E-state index is -0.399. The molecule has 5 nitrogen and oxygen atoms in total. The predicted molar refractivity (Wildman–Crippen MR) is 108 cm³/mol. The molecule has 6 heteroatoms. The first-order valence-corrected chi connectivity index (χ1v) is 9.46. The Hall–Kier alpha value is -3.15. The molecule has 0 bridgehead atoms. The van der Waals surface area contributed by atoms with Crippen molar-refractivity contribution in [2.45, 2.75) is 13.8 Å². The lowest BCUT2D eigenvalue weighted by Crippen LogP contribution is -2.49.